The molecule has 1 aliphatic heterocycles. The van der Waals surface area contributed by atoms with Crippen molar-refractivity contribution in [3.05, 3.63) is 0 Å². The molecule has 1 aliphatic carbocycles. The van der Waals surface area contributed by atoms with Crippen LogP contribution in [-0.2, 0) is 14.3 Å². The van der Waals surface area contributed by atoms with E-state index in [0.29, 0.717) is 19.4 Å². The lowest BCUT2D eigenvalue weighted by molar-refractivity contribution is -0.126. The van der Waals surface area contributed by atoms with Gasteiger partial charge in [-0.2, -0.15) is 0 Å². The predicted molar refractivity (Wildman–Crippen MR) is 76.2 cm³/mol. The minimum Gasteiger partial charge on any atom is -0.382 e. The Morgan fingerprint density at radius 2 is 2.20 bits per heavy atom. The Hall–Kier alpha value is -1.10. The second-order valence-electron chi connectivity index (χ2n) is 6.03. The summed E-state index contributed by atoms with van der Waals surface area (Å²) in [6, 6.07) is -0.326. The van der Waals surface area contributed by atoms with Crippen LogP contribution in [0.2, 0.25) is 0 Å². The molecule has 1 saturated carbocycles. The lowest BCUT2D eigenvalue weighted by Crippen LogP contribution is -2.45. The van der Waals surface area contributed by atoms with Gasteiger partial charge in [-0.15, -0.1) is 0 Å². The number of ether oxygens (including phenoxy) is 1. The van der Waals surface area contributed by atoms with Gasteiger partial charge in [0.15, 0.2) is 0 Å². The van der Waals surface area contributed by atoms with Gasteiger partial charge < -0.3 is 15.4 Å². The van der Waals surface area contributed by atoms with Gasteiger partial charge in [-0.3, -0.25) is 9.59 Å². The third kappa shape index (κ3) is 3.95. The van der Waals surface area contributed by atoms with Gasteiger partial charge in [0.2, 0.25) is 11.8 Å². The number of rotatable bonds is 7. The van der Waals surface area contributed by atoms with Crippen LogP contribution in [0.1, 0.15) is 51.9 Å². The molecule has 0 bridgehead atoms. The largest absolute Gasteiger partial charge is 0.382 e. The summed E-state index contributed by atoms with van der Waals surface area (Å²) in [5.41, 5.74) is 0.202. The number of carbonyl (C=O) groups excluding carboxylic acids is 2. The first kappa shape index (κ1) is 15.3. The van der Waals surface area contributed by atoms with Crippen molar-refractivity contribution < 1.29 is 14.3 Å². The van der Waals surface area contributed by atoms with Gasteiger partial charge >= 0.3 is 0 Å². The fourth-order valence-electron chi connectivity index (χ4n) is 3.28. The number of nitrogens with one attached hydrogen (secondary N) is 2. The molecule has 1 heterocycles. The average Bonchev–Trinajstić information content (AvgIpc) is 3.06. The molecule has 2 fully saturated rings. The molecule has 0 aromatic rings. The van der Waals surface area contributed by atoms with Gasteiger partial charge in [0.1, 0.15) is 6.04 Å². The van der Waals surface area contributed by atoms with E-state index in [9.17, 15) is 9.59 Å². The third-order valence-electron chi connectivity index (χ3n) is 4.59. The van der Waals surface area contributed by atoms with Crippen molar-refractivity contribution in [3.63, 3.8) is 0 Å². The fraction of sp³-hybridized carbons (Fsp3) is 0.867. The summed E-state index contributed by atoms with van der Waals surface area (Å²) in [6.07, 6.45) is 6.90. The van der Waals surface area contributed by atoms with E-state index in [1.54, 1.807) is 0 Å². The molecule has 0 radical (unpaired) electrons. The van der Waals surface area contributed by atoms with Crippen molar-refractivity contribution >= 4 is 11.8 Å². The van der Waals surface area contributed by atoms with E-state index in [-0.39, 0.29) is 23.3 Å². The Bertz CT molecular complexity index is 351. The zero-order chi connectivity index (χ0) is 14.4. The molecule has 0 spiro atoms. The molecule has 1 atom stereocenters. The smallest absolute Gasteiger partial charge is 0.242 e. The van der Waals surface area contributed by atoms with E-state index in [4.69, 9.17) is 4.74 Å². The van der Waals surface area contributed by atoms with Crippen LogP contribution in [0.15, 0.2) is 0 Å². The molecular formula is C15H26N2O3. The first-order valence-electron chi connectivity index (χ1n) is 7.80. The van der Waals surface area contributed by atoms with Gasteiger partial charge in [-0.25, -0.2) is 0 Å². The third-order valence-corrected chi connectivity index (χ3v) is 4.59. The summed E-state index contributed by atoms with van der Waals surface area (Å²) < 4.78 is 5.47. The highest BCUT2D eigenvalue weighted by Crippen LogP contribution is 2.40. The summed E-state index contributed by atoms with van der Waals surface area (Å²) in [4.78, 5) is 23.2. The summed E-state index contributed by atoms with van der Waals surface area (Å²) in [5, 5.41) is 5.76. The number of amides is 2. The summed E-state index contributed by atoms with van der Waals surface area (Å²) in [7, 11) is 0. The van der Waals surface area contributed by atoms with Gasteiger partial charge in [-0.05, 0) is 38.0 Å². The topological polar surface area (TPSA) is 67.4 Å². The molecular weight excluding hydrogens is 256 g/mol. The predicted octanol–water partition coefficient (Wildman–Crippen LogP) is 1.37. The molecule has 2 N–H and O–H groups in total. The van der Waals surface area contributed by atoms with E-state index >= 15 is 0 Å². The van der Waals surface area contributed by atoms with E-state index in [2.05, 4.69) is 10.6 Å². The van der Waals surface area contributed by atoms with Crippen molar-refractivity contribution in [2.24, 2.45) is 5.41 Å². The molecule has 20 heavy (non-hydrogen) atoms. The van der Waals surface area contributed by atoms with Gasteiger partial charge in [0.25, 0.3) is 0 Å². The maximum absolute atomic E-state index is 12.1. The summed E-state index contributed by atoms with van der Waals surface area (Å²) in [6.45, 7) is 4.24. The Kier molecular flexibility index (Phi) is 5.40. The van der Waals surface area contributed by atoms with Crippen molar-refractivity contribution in [2.75, 3.05) is 19.8 Å². The molecule has 2 rings (SSSR count). The minimum absolute atomic E-state index is 0.0166. The highest BCUT2D eigenvalue weighted by molar-refractivity contribution is 5.90. The Labute approximate surface area is 120 Å². The van der Waals surface area contributed by atoms with Crippen LogP contribution < -0.4 is 10.6 Å². The summed E-state index contributed by atoms with van der Waals surface area (Å²) >= 11 is 0. The molecule has 2 amide bonds. The van der Waals surface area contributed by atoms with E-state index in [0.717, 1.165) is 32.5 Å². The second kappa shape index (κ2) is 7.07. The SMILES string of the molecule is CCOCCC1(CNC(=O)[C@@H]2CCC(=O)N2)CCCC1. The maximum atomic E-state index is 12.1. The van der Waals surface area contributed by atoms with Crippen molar-refractivity contribution in [3.8, 4) is 0 Å². The normalized spacial score (nSPS) is 24.6. The Morgan fingerprint density at radius 1 is 1.45 bits per heavy atom. The van der Waals surface area contributed by atoms with Crippen molar-refractivity contribution in [1.29, 1.82) is 0 Å². The molecule has 0 unspecified atom stereocenters. The number of hydrogen-bond acceptors (Lipinski definition) is 3. The monoisotopic (exact) mass is 282 g/mol. The average molecular weight is 282 g/mol. The quantitative estimate of drug-likeness (QED) is 0.693. The van der Waals surface area contributed by atoms with Gasteiger partial charge in [-0.1, -0.05) is 12.8 Å². The van der Waals surface area contributed by atoms with Crippen LogP contribution in [0.25, 0.3) is 0 Å². The Balaban J connectivity index is 1.79. The number of carbonyl (C=O) groups is 2. The molecule has 0 aromatic heterocycles. The zero-order valence-electron chi connectivity index (χ0n) is 12.4. The highest BCUT2D eigenvalue weighted by atomic mass is 16.5. The van der Waals surface area contributed by atoms with Crippen molar-refractivity contribution in [2.45, 2.75) is 57.9 Å². The van der Waals surface area contributed by atoms with E-state index in [1.165, 1.54) is 12.8 Å². The van der Waals surface area contributed by atoms with Crippen LogP contribution >= 0.6 is 0 Å². The molecule has 1 saturated heterocycles. The second-order valence-corrected chi connectivity index (χ2v) is 6.03. The van der Waals surface area contributed by atoms with Gasteiger partial charge in [0, 0.05) is 26.2 Å². The van der Waals surface area contributed by atoms with Crippen molar-refractivity contribution in [1.82, 2.24) is 10.6 Å². The van der Waals surface area contributed by atoms with E-state index < -0.39 is 0 Å². The first-order chi connectivity index (χ1) is 9.65. The first-order valence-corrected chi connectivity index (χ1v) is 7.80. The lowest BCUT2D eigenvalue weighted by atomic mass is 9.83. The van der Waals surface area contributed by atoms with Crippen LogP contribution in [0.5, 0.6) is 0 Å². The molecule has 114 valence electrons. The van der Waals surface area contributed by atoms with Crippen LogP contribution in [0.3, 0.4) is 0 Å². The fourth-order valence-corrected chi connectivity index (χ4v) is 3.28. The van der Waals surface area contributed by atoms with Crippen LogP contribution in [0, 0.1) is 5.41 Å². The minimum atomic E-state index is -0.326. The Morgan fingerprint density at radius 3 is 2.80 bits per heavy atom. The highest BCUT2D eigenvalue weighted by Gasteiger charge is 2.35. The molecule has 0 aromatic carbocycles. The van der Waals surface area contributed by atoms with Crippen LogP contribution in [-0.4, -0.2) is 37.6 Å². The molecule has 2 aliphatic rings. The molecule has 5 heteroatoms. The molecule has 5 nitrogen and oxygen atoms in total. The van der Waals surface area contributed by atoms with Crippen LogP contribution in [0.4, 0.5) is 0 Å². The van der Waals surface area contributed by atoms with Gasteiger partial charge in [0.05, 0.1) is 0 Å². The maximum Gasteiger partial charge on any atom is 0.242 e. The lowest BCUT2D eigenvalue weighted by Gasteiger charge is -2.29. The zero-order valence-corrected chi connectivity index (χ0v) is 12.4. The number of hydrogen-bond donors (Lipinski definition) is 2. The van der Waals surface area contributed by atoms with E-state index in [1.807, 2.05) is 6.92 Å². The standard InChI is InChI=1S/C15H26N2O3/c1-2-20-10-9-15(7-3-4-8-15)11-16-14(19)12-5-6-13(18)17-12/h12H,2-11H2,1H3,(H,16,19)(H,17,18)/t12-/m0/s1. The summed E-state index contributed by atoms with van der Waals surface area (Å²) in [5.74, 6) is -0.0457.